The zero-order valence-electron chi connectivity index (χ0n) is 10.7. The zero-order valence-corrected chi connectivity index (χ0v) is 10.7. The Bertz CT molecular complexity index is 166. The highest BCUT2D eigenvalue weighted by atomic mass is 16.4. The lowest BCUT2D eigenvalue weighted by atomic mass is 10.2. The quantitative estimate of drug-likeness (QED) is 0.567. The highest BCUT2D eigenvalue weighted by Gasteiger charge is 2.03. The van der Waals surface area contributed by atoms with E-state index in [2.05, 4.69) is 24.1 Å². The number of hydrogen-bond acceptors (Lipinski definition) is 2. The third-order valence-corrected chi connectivity index (χ3v) is 2.58. The molecule has 0 aromatic carbocycles. The number of carboxylic acid groups (broad SMARTS) is 1. The molecule has 0 spiro atoms. The summed E-state index contributed by atoms with van der Waals surface area (Å²) >= 11 is 0. The van der Waals surface area contributed by atoms with Gasteiger partial charge in [-0.05, 0) is 38.9 Å². The van der Waals surface area contributed by atoms with E-state index in [1.165, 1.54) is 25.7 Å². The van der Waals surface area contributed by atoms with Gasteiger partial charge in [-0.25, -0.2) is 4.79 Å². The Balaban J connectivity index is 3.59. The van der Waals surface area contributed by atoms with Crippen molar-refractivity contribution in [2.24, 2.45) is 0 Å². The molecule has 4 heteroatoms. The molecule has 0 radical (unpaired) electrons. The molecule has 0 heterocycles. The van der Waals surface area contributed by atoms with Crippen LogP contribution in [0.25, 0.3) is 0 Å². The van der Waals surface area contributed by atoms with Crippen LogP contribution in [0.4, 0.5) is 4.79 Å². The van der Waals surface area contributed by atoms with Crippen molar-refractivity contribution in [1.29, 1.82) is 0 Å². The molecule has 96 valence electrons. The number of hydrogen-bond donors (Lipinski definition) is 2. The molecule has 0 aliphatic rings. The summed E-state index contributed by atoms with van der Waals surface area (Å²) in [5.74, 6) is 0. The Morgan fingerprint density at radius 3 is 2.00 bits per heavy atom. The summed E-state index contributed by atoms with van der Waals surface area (Å²) < 4.78 is 0. The Hall–Kier alpha value is -0.770. The third kappa shape index (κ3) is 9.77. The van der Waals surface area contributed by atoms with Crippen molar-refractivity contribution >= 4 is 6.09 Å². The first-order valence-electron chi connectivity index (χ1n) is 6.39. The van der Waals surface area contributed by atoms with Crippen molar-refractivity contribution in [3.63, 3.8) is 0 Å². The summed E-state index contributed by atoms with van der Waals surface area (Å²) in [7, 11) is 0. The normalized spacial score (nSPS) is 10.7. The maximum absolute atomic E-state index is 10.3. The van der Waals surface area contributed by atoms with Crippen molar-refractivity contribution in [3.05, 3.63) is 0 Å². The van der Waals surface area contributed by atoms with E-state index in [0.717, 1.165) is 26.1 Å². The first-order chi connectivity index (χ1) is 7.70. The van der Waals surface area contributed by atoms with Crippen molar-refractivity contribution in [1.82, 2.24) is 10.2 Å². The fourth-order valence-corrected chi connectivity index (χ4v) is 1.60. The van der Waals surface area contributed by atoms with E-state index in [1.807, 2.05) is 0 Å². The Kier molecular flexibility index (Phi) is 10.2. The lowest BCUT2D eigenvalue weighted by Crippen LogP contribution is -2.30. The molecule has 0 saturated carbocycles. The Morgan fingerprint density at radius 2 is 1.56 bits per heavy atom. The second-order valence-electron chi connectivity index (χ2n) is 4.13. The second kappa shape index (κ2) is 10.7. The van der Waals surface area contributed by atoms with Crippen LogP contribution in [0.1, 0.15) is 46.0 Å². The number of carbonyl (C=O) groups is 1. The molecule has 0 aromatic heterocycles. The molecule has 1 amide bonds. The van der Waals surface area contributed by atoms with Gasteiger partial charge in [-0.15, -0.1) is 0 Å². The van der Waals surface area contributed by atoms with E-state index in [9.17, 15) is 4.79 Å². The van der Waals surface area contributed by atoms with E-state index >= 15 is 0 Å². The monoisotopic (exact) mass is 230 g/mol. The highest BCUT2D eigenvalue weighted by Crippen LogP contribution is 2.00. The molecule has 0 bridgehead atoms. The molecule has 0 rings (SSSR count). The molecule has 0 aromatic rings. The summed E-state index contributed by atoms with van der Waals surface area (Å²) in [6.45, 7) is 8.24. The molecular weight excluding hydrogens is 204 g/mol. The van der Waals surface area contributed by atoms with Gasteiger partial charge in [0, 0.05) is 6.54 Å². The topological polar surface area (TPSA) is 52.6 Å². The minimum absolute atomic E-state index is 0.560. The van der Waals surface area contributed by atoms with Crippen molar-refractivity contribution in [2.75, 3.05) is 26.2 Å². The predicted octanol–water partition coefficient (Wildman–Crippen LogP) is 2.55. The average Bonchev–Trinajstić information content (AvgIpc) is 2.26. The molecule has 0 aliphatic heterocycles. The number of amides is 1. The number of unbranched alkanes of at least 4 members (excludes halogenated alkanes) is 2. The highest BCUT2D eigenvalue weighted by molar-refractivity contribution is 5.64. The largest absolute Gasteiger partial charge is 0.465 e. The molecule has 0 saturated heterocycles. The summed E-state index contributed by atoms with van der Waals surface area (Å²) in [5, 5.41) is 10.8. The van der Waals surface area contributed by atoms with Crippen LogP contribution >= 0.6 is 0 Å². The van der Waals surface area contributed by atoms with Crippen LogP contribution in [0, 0.1) is 0 Å². The molecular formula is C12H26N2O2. The average molecular weight is 230 g/mol. The van der Waals surface area contributed by atoms with Gasteiger partial charge in [0.05, 0.1) is 0 Å². The van der Waals surface area contributed by atoms with Crippen LogP contribution in [0.15, 0.2) is 0 Å². The number of nitrogens with zero attached hydrogens (tertiary/aromatic N) is 1. The third-order valence-electron chi connectivity index (χ3n) is 2.58. The van der Waals surface area contributed by atoms with Crippen LogP contribution in [-0.2, 0) is 0 Å². The Morgan fingerprint density at radius 1 is 1.06 bits per heavy atom. The molecule has 4 nitrogen and oxygen atoms in total. The number of nitrogens with one attached hydrogen (secondary N) is 1. The van der Waals surface area contributed by atoms with E-state index in [0.29, 0.717) is 6.54 Å². The van der Waals surface area contributed by atoms with Gasteiger partial charge in [0.25, 0.3) is 0 Å². The standard InChI is InChI=1S/C12H26N2O2/c1-3-5-9-14(10-6-4-2)11-7-8-13-12(15)16/h13H,3-11H2,1-2H3,(H,15,16). The first-order valence-corrected chi connectivity index (χ1v) is 6.39. The summed E-state index contributed by atoms with van der Waals surface area (Å²) in [4.78, 5) is 12.7. The lowest BCUT2D eigenvalue weighted by Gasteiger charge is -2.21. The van der Waals surface area contributed by atoms with E-state index in [4.69, 9.17) is 5.11 Å². The predicted molar refractivity (Wildman–Crippen MR) is 66.9 cm³/mol. The molecule has 16 heavy (non-hydrogen) atoms. The fraction of sp³-hybridized carbons (Fsp3) is 0.917. The van der Waals surface area contributed by atoms with Gasteiger partial charge in [0.15, 0.2) is 0 Å². The second-order valence-corrected chi connectivity index (χ2v) is 4.13. The summed E-state index contributed by atoms with van der Waals surface area (Å²) in [5.41, 5.74) is 0. The molecule has 0 aliphatic carbocycles. The van der Waals surface area contributed by atoms with Crippen molar-refractivity contribution in [3.8, 4) is 0 Å². The van der Waals surface area contributed by atoms with Crippen molar-refractivity contribution in [2.45, 2.75) is 46.0 Å². The minimum Gasteiger partial charge on any atom is -0.465 e. The molecule has 0 fully saturated rings. The van der Waals surface area contributed by atoms with E-state index in [-0.39, 0.29) is 0 Å². The maximum atomic E-state index is 10.3. The van der Waals surface area contributed by atoms with Gasteiger partial charge >= 0.3 is 6.09 Å². The Labute approximate surface area is 99.0 Å². The van der Waals surface area contributed by atoms with Gasteiger partial charge in [-0.3, -0.25) is 0 Å². The fourth-order valence-electron chi connectivity index (χ4n) is 1.60. The van der Waals surface area contributed by atoms with Crippen LogP contribution in [0.3, 0.4) is 0 Å². The van der Waals surface area contributed by atoms with Crippen LogP contribution in [0.5, 0.6) is 0 Å². The van der Waals surface area contributed by atoms with E-state index in [1.54, 1.807) is 0 Å². The van der Waals surface area contributed by atoms with Gasteiger partial charge in [-0.1, -0.05) is 26.7 Å². The molecule has 2 N–H and O–H groups in total. The summed E-state index contributed by atoms with van der Waals surface area (Å²) in [6.07, 6.45) is 4.88. The van der Waals surface area contributed by atoms with Gasteiger partial charge in [0.1, 0.15) is 0 Å². The first kappa shape index (κ1) is 15.2. The number of rotatable bonds is 10. The van der Waals surface area contributed by atoms with Crippen molar-refractivity contribution < 1.29 is 9.90 Å². The zero-order chi connectivity index (χ0) is 12.2. The van der Waals surface area contributed by atoms with Gasteiger partial charge in [0.2, 0.25) is 0 Å². The van der Waals surface area contributed by atoms with E-state index < -0.39 is 6.09 Å². The minimum atomic E-state index is -0.923. The maximum Gasteiger partial charge on any atom is 0.404 e. The van der Waals surface area contributed by atoms with Crippen LogP contribution in [-0.4, -0.2) is 42.3 Å². The lowest BCUT2D eigenvalue weighted by molar-refractivity contribution is 0.193. The molecule has 0 atom stereocenters. The smallest absolute Gasteiger partial charge is 0.404 e. The van der Waals surface area contributed by atoms with Gasteiger partial charge < -0.3 is 15.3 Å². The van der Waals surface area contributed by atoms with Gasteiger partial charge in [-0.2, -0.15) is 0 Å². The summed E-state index contributed by atoms with van der Waals surface area (Å²) in [6, 6.07) is 0. The van der Waals surface area contributed by atoms with Crippen LogP contribution < -0.4 is 5.32 Å². The SMILES string of the molecule is CCCCN(CCCC)CCCNC(=O)O. The van der Waals surface area contributed by atoms with Crippen LogP contribution in [0.2, 0.25) is 0 Å². The molecule has 0 unspecified atom stereocenters.